The van der Waals surface area contributed by atoms with E-state index in [1.165, 1.54) is 0 Å². The Morgan fingerprint density at radius 3 is 2.83 bits per heavy atom. The minimum Gasteiger partial charge on any atom is -0.464 e. The zero-order valence-corrected chi connectivity index (χ0v) is 10.7. The summed E-state index contributed by atoms with van der Waals surface area (Å²) in [7, 11) is 0. The lowest BCUT2D eigenvalue weighted by molar-refractivity contribution is -0.122. The van der Waals surface area contributed by atoms with E-state index < -0.39 is 0 Å². The second kappa shape index (κ2) is 5.08. The van der Waals surface area contributed by atoms with Crippen molar-refractivity contribution in [1.29, 1.82) is 0 Å². The molecular formula is C13H17N3O2. The molecule has 5 heteroatoms. The van der Waals surface area contributed by atoms with Crippen molar-refractivity contribution in [2.45, 2.75) is 32.9 Å². The van der Waals surface area contributed by atoms with Crippen LogP contribution in [0.25, 0.3) is 11.0 Å². The molecule has 0 radical (unpaired) electrons. The summed E-state index contributed by atoms with van der Waals surface area (Å²) in [4.78, 5) is 16.0. The molecule has 0 aliphatic carbocycles. The second-order valence-electron chi connectivity index (χ2n) is 4.52. The van der Waals surface area contributed by atoms with Gasteiger partial charge in [0.15, 0.2) is 0 Å². The van der Waals surface area contributed by atoms with Crippen LogP contribution in [0.5, 0.6) is 0 Å². The van der Waals surface area contributed by atoms with E-state index in [-0.39, 0.29) is 18.0 Å². The third-order valence-electron chi connectivity index (χ3n) is 2.56. The Bertz CT molecular complexity index is 548. The minimum absolute atomic E-state index is 0.0488. The number of carbonyl (C=O) groups excluding carboxylic acids is 1. The van der Waals surface area contributed by atoms with Crippen molar-refractivity contribution >= 4 is 22.7 Å². The van der Waals surface area contributed by atoms with Gasteiger partial charge in [0, 0.05) is 12.2 Å². The molecule has 0 spiro atoms. The highest BCUT2D eigenvalue weighted by Gasteiger charge is 2.15. The van der Waals surface area contributed by atoms with E-state index in [0.717, 1.165) is 11.0 Å². The molecule has 0 bridgehead atoms. The van der Waals surface area contributed by atoms with Crippen LogP contribution < -0.4 is 10.6 Å². The highest BCUT2D eigenvalue weighted by molar-refractivity contribution is 5.91. The summed E-state index contributed by atoms with van der Waals surface area (Å²) < 4.78 is 5.28. The van der Waals surface area contributed by atoms with Crippen molar-refractivity contribution < 1.29 is 9.21 Å². The number of rotatable bonds is 4. The first-order valence-electron chi connectivity index (χ1n) is 5.97. The molecule has 2 aromatic heterocycles. The molecular weight excluding hydrogens is 230 g/mol. The fourth-order valence-corrected chi connectivity index (χ4v) is 1.69. The van der Waals surface area contributed by atoms with Gasteiger partial charge in [-0.1, -0.05) is 0 Å². The van der Waals surface area contributed by atoms with Gasteiger partial charge in [-0.05, 0) is 32.9 Å². The van der Waals surface area contributed by atoms with Crippen LogP contribution in [0.4, 0.5) is 5.82 Å². The first-order valence-corrected chi connectivity index (χ1v) is 5.97. The Hall–Kier alpha value is -2.04. The van der Waals surface area contributed by atoms with Crippen molar-refractivity contribution in [3.8, 4) is 0 Å². The van der Waals surface area contributed by atoms with Gasteiger partial charge in [0.2, 0.25) is 5.91 Å². The first kappa shape index (κ1) is 12.4. The lowest BCUT2D eigenvalue weighted by atomic mass is 10.2. The van der Waals surface area contributed by atoms with Gasteiger partial charge in [-0.15, -0.1) is 0 Å². The maximum atomic E-state index is 11.8. The van der Waals surface area contributed by atoms with E-state index in [1.807, 2.05) is 19.9 Å². The van der Waals surface area contributed by atoms with E-state index >= 15 is 0 Å². The smallest absolute Gasteiger partial charge is 0.242 e. The summed E-state index contributed by atoms with van der Waals surface area (Å²) in [5.74, 6) is 0.611. The molecule has 0 saturated carbocycles. The van der Waals surface area contributed by atoms with E-state index in [1.54, 1.807) is 25.5 Å². The monoisotopic (exact) mass is 247 g/mol. The average Bonchev–Trinajstić information content (AvgIpc) is 2.77. The molecule has 0 aliphatic heterocycles. The van der Waals surface area contributed by atoms with Gasteiger partial charge in [-0.2, -0.15) is 0 Å². The number of anilines is 1. The second-order valence-corrected chi connectivity index (χ2v) is 4.52. The molecule has 1 amide bonds. The van der Waals surface area contributed by atoms with Crippen LogP contribution in [0.1, 0.15) is 20.8 Å². The minimum atomic E-state index is -0.347. The summed E-state index contributed by atoms with van der Waals surface area (Å²) in [6, 6.07) is 3.40. The van der Waals surface area contributed by atoms with Gasteiger partial charge in [0.1, 0.15) is 17.4 Å². The third-order valence-corrected chi connectivity index (χ3v) is 2.56. The number of hydrogen-bond donors (Lipinski definition) is 2. The number of fused-ring (bicyclic) bond motifs is 1. The molecule has 18 heavy (non-hydrogen) atoms. The van der Waals surface area contributed by atoms with Crippen molar-refractivity contribution in [3.63, 3.8) is 0 Å². The number of aromatic nitrogens is 1. The molecule has 0 aliphatic rings. The highest BCUT2D eigenvalue weighted by atomic mass is 16.3. The van der Waals surface area contributed by atoms with Crippen molar-refractivity contribution in [1.82, 2.24) is 10.3 Å². The lowest BCUT2D eigenvalue weighted by Gasteiger charge is -2.16. The fraction of sp³-hybridized carbons (Fsp3) is 0.385. The molecule has 0 saturated heterocycles. The molecule has 1 unspecified atom stereocenters. The number of amides is 1. The van der Waals surface area contributed by atoms with Crippen LogP contribution in [-0.4, -0.2) is 23.0 Å². The van der Waals surface area contributed by atoms with Gasteiger partial charge < -0.3 is 15.1 Å². The third kappa shape index (κ3) is 2.61. The van der Waals surface area contributed by atoms with E-state index in [4.69, 9.17) is 4.42 Å². The predicted molar refractivity (Wildman–Crippen MR) is 70.4 cm³/mol. The molecule has 96 valence electrons. The fourth-order valence-electron chi connectivity index (χ4n) is 1.69. The highest BCUT2D eigenvalue weighted by Crippen LogP contribution is 2.22. The molecule has 0 fully saturated rings. The van der Waals surface area contributed by atoms with Crippen LogP contribution >= 0.6 is 0 Å². The number of pyridine rings is 1. The molecule has 2 N–H and O–H groups in total. The summed E-state index contributed by atoms with van der Waals surface area (Å²) in [6.45, 7) is 5.66. The first-order chi connectivity index (χ1) is 8.58. The summed E-state index contributed by atoms with van der Waals surface area (Å²) in [5, 5.41) is 6.82. The molecule has 1 atom stereocenters. The van der Waals surface area contributed by atoms with E-state index in [2.05, 4.69) is 15.6 Å². The molecule has 2 aromatic rings. The number of furan rings is 1. The van der Waals surface area contributed by atoms with Crippen molar-refractivity contribution in [3.05, 3.63) is 24.6 Å². The largest absolute Gasteiger partial charge is 0.464 e. The van der Waals surface area contributed by atoms with E-state index in [0.29, 0.717) is 5.82 Å². The lowest BCUT2D eigenvalue weighted by Crippen LogP contribution is -2.41. The van der Waals surface area contributed by atoms with Crippen LogP contribution in [0.2, 0.25) is 0 Å². The van der Waals surface area contributed by atoms with Crippen LogP contribution in [0.3, 0.4) is 0 Å². The number of hydrogen-bond acceptors (Lipinski definition) is 4. The molecule has 2 rings (SSSR count). The zero-order chi connectivity index (χ0) is 13.1. The van der Waals surface area contributed by atoms with Crippen LogP contribution in [0, 0.1) is 0 Å². The maximum Gasteiger partial charge on any atom is 0.242 e. The summed E-state index contributed by atoms with van der Waals surface area (Å²) in [5.41, 5.74) is 0.754. The van der Waals surface area contributed by atoms with Gasteiger partial charge in [-0.25, -0.2) is 4.98 Å². The van der Waals surface area contributed by atoms with Gasteiger partial charge in [0.05, 0.1) is 11.6 Å². The number of nitrogens with one attached hydrogen (secondary N) is 2. The Balaban J connectivity index is 2.13. The van der Waals surface area contributed by atoms with Crippen LogP contribution in [-0.2, 0) is 4.79 Å². The molecule has 2 heterocycles. The quantitative estimate of drug-likeness (QED) is 0.868. The number of nitrogens with zero attached hydrogens (tertiary/aromatic N) is 1. The van der Waals surface area contributed by atoms with Gasteiger partial charge in [-0.3, -0.25) is 4.79 Å². The van der Waals surface area contributed by atoms with Gasteiger partial charge >= 0.3 is 0 Å². The Kier molecular flexibility index (Phi) is 3.50. The maximum absolute atomic E-state index is 11.8. The predicted octanol–water partition coefficient (Wildman–Crippen LogP) is 2.15. The molecule has 0 aromatic carbocycles. The Labute approximate surface area is 106 Å². The van der Waals surface area contributed by atoms with Gasteiger partial charge in [0.25, 0.3) is 0 Å². The molecule has 5 nitrogen and oxygen atoms in total. The van der Waals surface area contributed by atoms with Crippen molar-refractivity contribution in [2.24, 2.45) is 0 Å². The van der Waals surface area contributed by atoms with E-state index in [9.17, 15) is 4.79 Å². The number of carbonyl (C=O) groups is 1. The summed E-state index contributed by atoms with van der Waals surface area (Å²) in [6.07, 6.45) is 3.26. The van der Waals surface area contributed by atoms with Crippen molar-refractivity contribution in [2.75, 3.05) is 5.32 Å². The SMILES string of the molecule is CC(C)NC(=O)C(C)Nc1nccc2occc12. The topological polar surface area (TPSA) is 67.2 Å². The average molecular weight is 247 g/mol. The standard InChI is InChI=1S/C13H17N3O2/c1-8(2)15-13(17)9(3)16-12-10-5-7-18-11(10)4-6-14-12/h4-9H,1-3H3,(H,14,16)(H,15,17). The van der Waals surface area contributed by atoms with Crippen LogP contribution in [0.15, 0.2) is 29.0 Å². The Morgan fingerprint density at radius 2 is 2.11 bits per heavy atom. The normalized spacial score (nSPS) is 12.7. The zero-order valence-electron chi connectivity index (χ0n) is 10.7. The Morgan fingerprint density at radius 1 is 1.33 bits per heavy atom. The summed E-state index contributed by atoms with van der Waals surface area (Å²) >= 11 is 0.